The first-order valence-corrected chi connectivity index (χ1v) is 7.49. The van der Waals surface area contributed by atoms with Crippen LogP contribution in [-0.2, 0) is 10.0 Å². The third-order valence-corrected chi connectivity index (χ3v) is 4.99. The van der Waals surface area contributed by atoms with Gasteiger partial charge in [0.2, 0.25) is 10.0 Å². The molecule has 2 unspecified atom stereocenters. The summed E-state index contributed by atoms with van der Waals surface area (Å²) in [6.45, 7) is 3.79. The Hall–Kier alpha value is -1.38. The van der Waals surface area contributed by atoms with Gasteiger partial charge in [-0.25, -0.2) is 13.1 Å². The van der Waals surface area contributed by atoms with E-state index in [1.807, 2.05) is 6.07 Å². The van der Waals surface area contributed by atoms with Crippen molar-refractivity contribution in [2.45, 2.75) is 37.6 Å². The monoisotopic (exact) mass is 264 g/mol. The van der Waals surface area contributed by atoms with Gasteiger partial charge in [-0.05, 0) is 37.0 Å². The van der Waals surface area contributed by atoms with Crippen molar-refractivity contribution in [3.05, 3.63) is 29.3 Å². The van der Waals surface area contributed by atoms with Crippen LogP contribution in [0, 0.1) is 24.2 Å². The second-order valence-electron chi connectivity index (χ2n) is 4.72. The zero-order valence-electron chi connectivity index (χ0n) is 10.5. The minimum Gasteiger partial charge on any atom is -0.208 e. The molecule has 18 heavy (non-hydrogen) atoms. The second-order valence-corrected chi connectivity index (χ2v) is 6.41. The van der Waals surface area contributed by atoms with E-state index in [2.05, 4.69) is 11.6 Å². The fraction of sp³-hybridized carbons (Fsp3) is 0.462. The van der Waals surface area contributed by atoms with E-state index in [1.165, 1.54) is 6.07 Å². The molecule has 1 saturated carbocycles. The first kappa shape index (κ1) is 13.1. The summed E-state index contributed by atoms with van der Waals surface area (Å²) in [5.74, 6) is 0.458. The van der Waals surface area contributed by atoms with Crippen LogP contribution in [0.25, 0.3) is 0 Å². The summed E-state index contributed by atoms with van der Waals surface area (Å²) in [4.78, 5) is 0.211. The van der Waals surface area contributed by atoms with Crippen molar-refractivity contribution < 1.29 is 8.42 Å². The molecule has 0 heterocycles. The number of aryl methyl sites for hydroxylation is 1. The SMILES string of the molecule is CCC1CC1NS(=O)(=O)c1cc(C#N)ccc1C. The van der Waals surface area contributed by atoms with E-state index in [9.17, 15) is 8.42 Å². The van der Waals surface area contributed by atoms with Gasteiger partial charge in [-0.15, -0.1) is 0 Å². The van der Waals surface area contributed by atoms with Gasteiger partial charge in [-0.1, -0.05) is 19.4 Å². The topological polar surface area (TPSA) is 70.0 Å². The van der Waals surface area contributed by atoms with Crippen LogP contribution in [0.5, 0.6) is 0 Å². The molecular formula is C13H16N2O2S. The summed E-state index contributed by atoms with van der Waals surface area (Å²) in [5.41, 5.74) is 1.03. The predicted molar refractivity (Wildman–Crippen MR) is 68.4 cm³/mol. The Morgan fingerprint density at radius 3 is 2.78 bits per heavy atom. The number of nitrogens with one attached hydrogen (secondary N) is 1. The molecule has 0 radical (unpaired) electrons. The van der Waals surface area contributed by atoms with Gasteiger partial charge in [0.1, 0.15) is 0 Å². The normalized spacial score (nSPS) is 22.5. The maximum absolute atomic E-state index is 12.2. The Kier molecular flexibility index (Phi) is 3.42. The van der Waals surface area contributed by atoms with Crippen molar-refractivity contribution in [1.29, 1.82) is 5.26 Å². The number of nitriles is 1. The first-order chi connectivity index (χ1) is 8.47. The van der Waals surface area contributed by atoms with Crippen molar-refractivity contribution in [3.8, 4) is 6.07 Å². The second kappa shape index (κ2) is 4.71. The van der Waals surface area contributed by atoms with E-state index in [-0.39, 0.29) is 10.9 Å². The van der Waals surface area contributed by atoms with Crippen LogP contribution in [-0.4, -0.2) is 14.5 Å². The van der Waals surface area contributed by atoms with Gasteiger partial charge in [-0.3, -0.25) is 0 Å². The minimum absolute atomic E-state index is 0.0603. The molecule has 1 aromatic rings. The van der Waals surface area contributed by atoms with Crippen LogP contribution in [0.15, 0.2) is 23.1 Å². The molecule has 1 aliphatic rings. The third-order valence-electron chi connectivity index (χ3n) is 3.36. The molecule has 0 bridgehead atoms. The van der Waals surface area contributed by atoms with Crippen molar-refractivity contribution in [3.63, 3.8) is 0 Å². The standard InChI is InChI=1S/C13H16N2O2S/c1-3-11-7-12(11)15-18(16,17)13-6-10(8-14)5-4-9(13)2/h4-6,11-12,15H,3,7H2,1-2H3. The number of nitrogens with zero attached hydrogens (tertiary/aromatic N) is 1. The highest BCUT2D eigenvalue weighted by atomic mass is 32.2. The van der Waals surface area contributed by atoms with Gasteiger partial charge in [0, 0.05) is 6.04 Å². The van der Waals surface area contributed by atoms with E-state index < -0.39 is 10.0 Å². The quantitative estimate of drug-likeness (QED) is 0.903. The van der Waals surface area contributed by atoms with E-state index in [0.29, 0.717) is 17.0 Å². The molecule has 0 amide bonds. The molecule has 2 rings (SSSR count). The predicted octanol–water partition coefficient (Wildman–Crippen LogP) is 1.94. The van der Waals surface area contributed by atoms with Crippen LogP contribution in [0.3, 0.4) is 0 Å². The number of rotatable bonds is 4. The van der Waals surface area contributed by atoms with E-state index in [0.717, 1.165) is 12.8 Å². The number of sulfonamides is 1. The lowest BCUT2D eigenvalue weighted by molar-refractivity contribution is 0.575. The Bertz CT molecular complexity index is 602. The molecule has 0 aliphatic heterocycles. The Morgan fingerprint density at radius 2 is 2.22 bits per heavy atom. The maximum Gasteiger partial charge on any atom is 0.241 e. The highest BCUT2D eigenvalue weighted by Gasteiger charge is 2.38. The molecule has 4 nitrogen and oxygen atoms in total. The lowest BCUT2D eigenvalue weighted by Gasteiger charge is -2.09. The molecule has 0 aromatic heterocycles. The van der Waals surface area contributed by atoms with Crippen LogP contribution >= 0.6 is 0 Å². The van der Waals surface area contributed by atoms with Gasteiger partial charge in [0.25, 0.3) is 0 Å². The molecular weight excluding hydrogens is 248 g/mol. The van der Waals surface area contributed by atoms with Crippen molar-refractivity contribution in [2.75, 3.05) is 0 Å². The molecule has 1 fully saturated rings. The fourth-order valence-electron chi connectivity index (χ4n) is 2.07. The molecule has 1 aromatic carbocycles. The van der Waals surface area contributed by atoms with E-state index in [1.54, 1.807) is 19.1 Å². The molecule has 1 N–H and O–H groups in total. The lowest BCUT2D eigenvalue weighted by atomic mass is 10.2. The maximum atomic E-state index is 12.2. The summed E-state index contributed by atoms with van der Waals surface area (Å²) in [6, 6.07) is 6.74. The van der Waals surface area contributed by atoms with Crippen molar-refractivity contribution in [2.24, 2.45) is 5.92 Å². The van der Waals surface area contributed by atoms with Gasteiger partial charge in [0.05, 0.1) is 16.5 Å². The molecule has 0 saturated heterocycles. The number of hydrogen-bond acceptors (Lipinski definition) is 3. The van der Waals surface area contributed by atoms with Crippen LogP contribution < -0.4 is 4.72 Å². The summed E-state index contributed by atoms with van der Waals surface area (Å²) in [7, 11) is -3.50. The van der Waals surface area contributed by atoms with Crippen LogP contribution in [0.4, 0.5) is 0 Å². The van der Waals surface area contributed by atoms with Crippen molar-refractivity contribution in [1.82, 2.24) is 4.72 Å². The zero-order chi connectivity index (χ0) is 13.3. The smallest absolute Gasteiger partial charge is 0.208 e. The molecule has 5 heteroatoms. The molecule has 1 aliphatic carbocycles. The number of hydrogen-bond donors (Lipinski definition) is 1. The van der Waals surface area contributed by atoms with Crippen LogP contribution in [0.1, 0.15) is 30.9 Å². The summed E-state index contributed by atoms with van der Waals surface area (Å²) in [5, 5.41) is 8.83. The number of benzene rings is 1. The van der Waals surface area contributed by atoms with Gasteiger partial charge < -0.3 is 0 Å². The van der Waals surface area contributed by atoms with E-state index in [4.69, 9.17) is 5.26 Å². The Balaban J connectivity index is 2.27. The average molecular weight is 264 g/mol. The van der Waals surface area contributed by atoms with E-state index >= 15 is 0 Å². The minimum atomic E-state index is -3.50. The van der Waals surface area contributed by atoms with Gasteiger partial charge >= 0.3 is 0 Å². The molecule has 96 valence electrons. The lowest BCUT2D eigenvalue weighted by Crippen LogP contribution is -2.27. The largest absolute Gasteiger partial charge is 0.241 e. The third kappa shape index (κ3) is 2.55. The highest BCUT2D eigenvalue weighted by Crippen LogP contribution is 2.34. The summed E-state index contributed by atoms with van der Waals surface area (Å²) < 4.78 is 27.1. The summed E-state index contributed by atoms with van der Waals surface area (Å²) in [6.07, 6.45) is 1.90. The van der Waals surface area contributed by atoms with Gasteiger partial charge in [0.15, 0.2) is 0 Å². The van der Waals surface area contributed by atoms with Crippen molar-refractivity contribution >= 4 is 10.0 Å². The Labute approximate surface area is 108 Å². The fourth-order valence-corrected chi connectivity index (χ4v) is 3.65. The highest BCUT2D eigenvalue weighted by molar-refractivity contribution is 7.89. The Morgan fingerprint density at radius 1 is 1.50 bits per heavy atom. The summed E-state index contributed by atoms with van der Waals surface area (Å²) >= 11 is 0. The zero-order valence-corrected chi connectivity index (χ0v) is 11.3. The molecule has 2 atom stereocenters. The average Bonchev–Trinajstić information content (AvgIpc) is 3.07. The first-order valence-electron chi connectivity index (χ1n) is 6.01. The molecule has 0 spiro atoms. The van der Waals surface area contributed by atoms with Gasteiger partial charge in [-0.2, -0.15) is 5.26 Å². The van der Waals surface area contributed by atoms with Crippen LogP contribution in [0.2, 0.25) is 0 Å².